The van der Waals surface area contributed by atoms with Crippen LogP contribution in [0.1, 0.15) is 6.42 Å². The molecule has 2 aromatic rings. The minimum atomic E-state index is -0.267. The van der Waals surface area contributed by atoms with Crippen LogP contribution in [0.2, 0.25) is 0 Å². The molecule has 0 saturated carbocycles. The Labute approximate surface area is 131 Å². The van der Waals surface area contributed by atoms with Crippen LogP contribution in [0.4, 0.5) is 10.5 Å². The zero-order valence-corrected chi connectivity index (χ0v) is 13.0. The van der Waals surface area contributed by atoms with Crippen molar-refractivity contribution < 1.29 is 4.79 Å². The number of aromatic nitrogens is 2. The summed E-state index contributed by atoms with van der Waals surface area (Å²) in [6.45, 7) is 0.390. The minimum Gasteiger partial charge on any atom is -0.327 e. The van der Waals surface area contributed by atoms with Gasteiger partial charge in [-0.1, -0.05) is 12.1 Å². The summed E-state index contributed by atoms with van der Waals surface area (Å²) in [5.41, 5.74) is 1.48. The monoisotopic (exact) mass is 347 g/mol. The lowest BCUT2D eigenvalue weighted by Crippen LogP contribution is -2.31. The second-order valence-corrected chi connectivity index (χ2v) is 5.24. The number of hydrogen-bond acceptors (Lipinski definition) is 3. The molecule has 0 unspecified atom stereocenters. The first-order chi connectivity index (χ1) is 10.1. The Morgan fingerprint density at radius 3 is 3.00 bits per heavy atom. The lowest BCUT2D eigenvalue weighted by molar-refractivity contribution is 0.223. The van der Waals surface area contributed by atoms with Crippen molar-refractivity contribution in [2.75, 3.05) is 18.9 Å². The van der Waals surface area contributed by atoms with E-state index in [-0.39, 0.29) is 6.03 Å². The third-order valence-corrected chi connectivity index (χ3v) is 3.51. The summed E-state index contributed by atoms with van der Waals surface area (Å²) in [6.07, 6.45) is 3.62. The van der Waals surface area contributed by atoms with Crippen LogP contribution < -0.4 is 5.32 Å². The quantitative estimate of drug-likeness (QED) is 0.923. The average molecular weight is 348 g/mol. The molecular formula is C14H14BrN5O. The maximum absolute atomic E-state index is 11.9. The normalized spacial score (nSPS) is 9.95. The summed E-state index contributed by atoms with van der Waals surface area (Å²) in [4.78, 5) is 13.3. The second kappa shape index (κ2) is 6.90. The Bertz CT molecular complexity index is 676. The summed E-state index contributed by atoms with van der Waals surface area (Å²) >= 11 is 3.46. The predicted molar refractivity (Wildman–Crippen MR) is 83.1 cm³/mol. The number of hydrogen-bond donors (Lipinski definition) is 1. The molecule has 2 rings (SSSR count). The molecule has 0 bridgehead atoms. The molecule has 1 aromatic carbocycles. The summed E-state index contributed by atoms with van der Waals surface area (Å²) in [5, 5.41) is 15.5. The lowest BCUT2D eigenvalue weighted by Gasteiger charge is -2.15. The molecular weight excluding hydrogens is 334 g/mol. The van der Waals surface area contributed by atoms with Gasteiger partial charge in [0.2, 0.25) is 0 Å². The topological polar surface area (TPSA) is 74.0 Å². The van der Waals surface area contributed by atoms with Gasteiger partial charge in [0.05, 0.1) is 36.3 Å². The van der Waals surface area contributed by atoms with Crippen LogP contribution in [0.25, 0.3) is 5.69 Å². The Morgan fingerprint density at radius 2 is 2.29 bits per heavy atom. The molecule has 0 aliphatic rings. The number of halogens is 1. The van der Waals surface area contributed by atoms with E-state index in [0.717, 1.165) is 10.2 Å². The van der Waals surface area contributed by atoms with Gasteiger partial charge < -0.3 is 10.2 Å². The maximum Gasteiger partial charge on any atom is 0.321 e. The van der Waals surface area contributed by atoms with Crippen molar-refractivity contribution in [3.63, 3.8) is 0 Å². The zero-order chi connectivity index (χ0) is 15.2. The van der Waals surface area contributed by atoms with Crippen LogP contribution in [-0.2, 0) is 0 Å². The fourth-order valence-electron chi connectivity index (χ4n) is 1.69. The van der Waals surface area contributed by atoms with Crippen LogP contribution in [-0.4, -0.2) is 34.3 Å². The molecule has 2 amide bonds. The highest BCUT2D eigenvalue weighted by atomic mass is 79.9. The number of nitrogens with one attached hydrogen (secondary N) is 1. The summed E-state index contributed by atoms with van der Waals surface area (Å²) in [5.74, 6) is 0. The number of amides is 2. The minimum absolute atomic E-state index is 0.267. The van der Waals surface area contributed by atoms with E-state index in [1.165, 1.54) is 4.90 Å². The van der Waals surface area contributed by atoms with Crippen molar-refractivity contribution >= 4 is 27.6 Å². The molecule has 7 heteroatoms. The van der Waals surface area contributed by atoms with Crippen molar-refractivity contribution in [2.24, 2.45) is 0 Å². The molecule has 21 heavy (non-hydrogen) atoms. The van der Waals surface area contributed by atoms with E-state index in [0.29, 0.717) is 18.7 Å². The molecule has 0 fully saturated rings. The predicted octanol–water partition coefficient (Wildman–Crippen LogP) is 3.01. The average Bonchev–Trinajstić information content (AvgIpc) is 2.93. The molecule has 1 heterocycles. The number of anilines is 1. The van der Waals surface area contributed by atoms with E-state index in [2.05, 4.69) is 26.3 Å². The van der Waals surface area contributed by atoms with E-state index in [1.54, 1.807) is 24.1 Å². The largest absolute Gasteiger partial charge is 0.327 e. The van der Waals surface area contributed by atoms with Crippen molar-refractivity contribution in [3.8, 4) is 11.8 Å². The molecule has 1 aromatic heterocycles. The Morgan fingerprint density at radius 1 is 1.52 bits per heavy atom. The fourth-order valence-corrected chi connectivity index (χ4v) is 2.16. The third kappa shape index (κ3) is 3.83. The van der Waals surface area contributed by atoms with Crippen LogP contribution in [0.5, 0.6) is 0 Å². The molecule has 0 spiro atoms. The first kappa shape index (κ1) is 15.1. The molecule has 0 aliphatic heterocycles. The smallest absolute Gasteiger partial charge is 0.321 e. The maximum atomic E-state index is 11.9. The van der Waals surface area contributed by atoms with Gasteiger partial charge in [0.1, 0.15) is 0 Å². The van der Waals surface area contributed by atoms with E-state index in [4.69, 9.17) is 5.26 Å². The van der Waals surface area contributed by atoms with Crippen LogP contribution in [0.15, 0.2) is 41.1 Å². The molecule has 0 radical (unpaired) electrons. The van der Waals surface area contributed by atoms with Gasteiger partial charge in [-0.3, -0.25) is 0 Å². The zero-order valence-electron chi connectivity index (χ0n) is 11.5. The number of carbonyl (C=O) groups excluding carboxylic acids is 1. The van der Waals surface area contributed by atoms with Crippen molar-refractivity contribution in [1.29, 1.82) is 5.26 Å². The number of benzene rings is 1. The second-order valence-electron chi connectivity index (χ2n) is 4.38. The number of rotatable bonds is 4. The summed E-state index contributed by atoms with van der Waals surface area (Å²) in [6, 6.07) is 9.41. The number of nitrogens with zero attached hydrogens (tertiary/aromatic N) is 4. The van der Waals surface area contributed by atoms with Gasteiger partial charge in [0.25, 0.3) is 0 Å². The van der Waals surface area contributed by atoms with Crippen LogP contribution in [0, 0.1) is 11.3 Å². The Hall–Kier alpha value is -2.33. The third-order valence-electron chi connectivity index (χ3n) is 2.84. The van der Waals surface area contributed by atoms with E-state index >= 15 is 0 Å². The number of carbonyl (C=O) groups is 1. The molecule has 6 nitrogen and oxygen atoms in total. The number of para-hydroxylation sites is 1. The molecule has 1 N–H and O–H groups in total. The molecule has 0 atom stereocenters. The lowest BCUT2D eigenvalue weighted by atomic mass is 10.3. The van der Waals surface area contributed by atoms with E-state index < -0.39 is 0 Å². The number of nitriles is 1. The SMILES string of the molecule is CN(CCC#N)C(=O)Nc1cnn(-c2ccccc2Br)c1. The first-order valence-electron chi connectivity index (χ1n) is 6.30. The molecule has 108 valence electrons. The van der Waals surface area contributed by atoms with Crippen LogP contribution in [0.3, 0.4) is 0 Å². The first-order valence-corrected chi connectivity index (χ1v) is 7.10. The Balaban J connectivity index is 2.06. The van der Waals surface area contributed by atoms with E-state index in [1.807, 2.05) is 30.3 Å². The molecule has 0 aliphatic carbocycles. The van der Waals surface area contributed by atoms with Crippen molar-refractivity contribution in [1.82, 2.24) is 14.7 Å². The fraction of sp³-hybridized carbons (Fsp3) is 0.214. The standard InChI is InChI=1S/C14H14BrN5O/c1-19(8-4-7-16)14(21)18-11-9-17-20(10-11)13-6-3-2-5-12(13)15/h2-3,5-6,9-10H,4,8H2,1H3,(H,18,21). The van der Waals surface area contributed by atoms with Gasteiger partial charge in [-0.05, 0) is 28.1 Å². The van der Waals surface area contributed by atoms with Gasteiger partial charge >= 0.3 is 6.03 Å². The highest BCUT2D eigenvalue weighted by Gasteiger charge is 2.10. The number of urea groups is 1. The highest BCUT2D eigenvalue weighted by molar-refractivity contribution is 9.10. The summed E-state index contributed by atoms with van der Waals surface area (Å²) < 4.78 is 2.59. The van der Waals surface area contributed by atoms with Gasteiger partial charge in [0, 0.05) is 18.1 Å². The van der Waals surface area contributed by atoms with Crippen molar-refractivity contribution in [3.05, 3.63) is 41.1 Å². The molecule has 0 saturated heterocycles. The van der Waals surface area contributed by atoms with E-state index in [9.17, 15) is 4.79 Å². The van der Waals surface area contributed by atoms with Gasteiger partial charge in [-0.2, -0.15) is 10.4 Å². The van der Waals surface area contributed by atoms with Crippen molar-refractivity contribution in [2.45, 2.75) is 6.42 Å². The summed E-state index contributed by atoms with van der Waals surface area (Å²) in [7, 11) is 1.64. The highest BCUT2D eigenvalue weighted by Crippen LogP contribution is 2.21. The van der Waals surface area contributed by atoms with Gasteiger partial charge in [0.15, 0.2) is 0 Å². The van der Waals surface area contributed by atoms with Gasteiger partial charge in [-0.15, -0.1) is 0 Å². The van der Waals surface area contributed by atoms with Gasteiger partial charge in [-0.25, -0.2) is 9.48 Å². The Kier molecular flexibility index (Phi) is 4.95. The van der Waals surface area contributed by atoms with Crippen LogP contribution >= 0.6 is 15.9 Å².